The van der Waals surface area contributed by atoms with Crippen LogP contribution in [0.1, 0.15) is 11.1 Å². The number of nitrogens with zero attached hydrogens (tertiary/aromatic N) is 3. The largest absolute Gasteiger partial charge is 0.393 e. The number of β-amino-alcohol motifs (C(OH)–C–C–N with tert-alkyl or cyclic N) is 1. The maximum Gasteiger partial charge on any atom is 0.244 e. The van der Waals surface area contributed by atoms with Gasteiger partial charge in [-0.25, -0.2) is 16.8 Å². The van der Waals surface area contributed by atoms with Crippen LogP contribution >= 0.6 is 11.6 Å². The average molecular weight is 482 g/mol. The van der Waals surface area contributed by atoms with Crippen LogP contribution in [0.25, 0.3) is 0 Å². The monoisotopic (exact) mass is 481 g/mol. The normalized spacial score (nSPS) is 22.0. The highest BCUT2D eigenvalue weighted by Gasteiger charge is 2.55. The second-order valence-corrected chi connectivity index (χ2v) is 11.4. The summed E-state index contributed by atoms with van der Waals surface area (Å²) in [7, 11) is -8.63. The first-order chi connectivity index (χ1) is 14.5. The number of rotatable bonds is 5. The van der Waals surface area contributed by atoms with Crippen molar-refractivity contribution in [3.8, 4) is 12.1 Å². The van der Waals surface area contributed by atoms with E-state index in [1.54, 1.807) is 0 Å². The molecule has 2 N–H and O–H groups in total. The van der Waals surface area contributed by atoms with E-state index in [1.165, 1.54) is 30.3 Å². The van der Waals surface area contributed by atoms with Gasteiger partial charge in [0, 0.05) is 13.1 Å². The molecule has 2 aromatic rings. The van der Waals surface area contributed by atoms with E-state index in [1.807, 2.05) is 12.1 Å². The van der Waals surface area contributed by atoms with Gasteiger partial charge >= 0.3 is 0 Å². The molecular formula is C19H16ClN3O6S2. The van der Waals surface area contributed by atoms with Gasteiger partial charge in [0.1, 0.15) is 15.7 Å². The summed E-state index contributed by atoms with van der Waals surface area (Å²) in [5.41, 5.74) is -1.90. The zero-order valence-electron chi connectivity index (χ0n) is 15.8. The van der Waals surface area contributed by atoms with Crippen molar-refractivity contribution in [2.45, 2.75) is 20.6 Å². The lowest BCUT2D eigenvalue weighted by atomic mass is 10.1. The number of sulfonamides is 1. The standard InChI is InChI=1S/C19H16ClN3O6S2/c20-16-7-14(9-22)3-6-17(16)31(28,29)23-10-18(19(25,11-23)12-24)30(26,27)15-4-1-13(8-21)2-5-15/h1-7,18,24-25H,10-12H2/t18?,19-/m1/s1. The summed E-state index contributed by atoms with van der Waals surface area (Å²) in [6, 6.07) is 12.1. The minimum absolute atomic E-state index is 0.138. The van der Waals surface area contributed by atoms with E-state index in [4.69, 9.17) is 22.1 Å². The number of halogens is 1. The predicted octanol–water partition coefficient (Wildman–Crippen LogP) is 0.654. The van der Waals surface area contributed by atoms with Gasteiger partial charge in [-0.1, -0.05) is 11.6 Å². The lowest BCUT2D eigenvalue weighted by molar-refractivity contribution is 0.00160. The van der Waals surface area contributed by atoms with E-state index in [-0.39, 0.29) is 25.9 Å². The third-order valence-electron chi connectivity index (χ3n) is 5.06. The molecule has 0 saturated carbocycles. The van der Waals surface area contributed by atoms with Crippen molar-refractivity contribution in [3.05, 3.63) is 58.6 Å². The highest BCUT2D eigenvalue weighted by Crippen LogP contribution is 2.36. The smallest absolute Gasteiger partial charge is 0.244 e. The Morgan fingerprint density at radius 1 is 1.06 bits per heavy atom. The molecule has 1 heterocycles. The first-order valence-electron chi connectivity index (χ1n) is 8.77. The zero-order chi connectivity index (χ0) is 23.0. The third kappa shape index (κ3) is 4.04. The summed E-state index contributed by atoms with van der Waals surface area (Å²) in [5.74, 6) is 0. The molecule has 31 heavy (non-hydrogen) atoms. The molecule has 1 aliphatic heterocycles. The predicted molar refractivity (Wildman–Crippen MR) is 109 cm³/mol. The first-order valence-corrected chi connectivity index (χ1v) is 12.1. The summed E-state index contributed by atoms with van der Waals surface area (Å²) in [6.07, 6.45) is 0. The van der Waals surface area contributed by atoms with Crippen LogP contribution in [-0.2, 0) is 19.9 Å². The molecular weight excluding hydrogens is 466 g/mol. The van der Waals surface area contributed by atoms with Crippen molar-refractivity contribution in [2.75, 3.05) is 19.7 Å². The van der Waals surface area contributed by atoms with Gasteiger partial charge in [-0.15, -0.1) is 0 Å². The van der Waals surface area contributed by atoms with Crippen molar-refractivity contribution in [1.82, 2.24) is 4.31 Å². The third-order valence-corrected chi connectivity index (χ3v) is 9.62. The van der Waals surface area contributed by atoms with Crippen molar-refractivity contribution in [2.24, 2.45) is 0 Å². The van der Waals surface area contributed by atoms with Crippen LogP contribution in [-0.4, -0.2) is 61.9 Å². The molecule has 0 aliphatic carbocycles. The number of benzene rings is 2. The fourth-order valence-electron chi connectivity index (χ4n) is 3.35. The first kappa shape index (κ1) is 23.2. The van der Waals surface area contributed by atoms with Crippen molar-refractivity contribution in [3.63, 3.8) is 0 Å². The summed E-state index contributed by atoms with van der Waals surface area (Å²) in [6.45, 7) is -2.30. The highest BCUT2D eigenvalue weighted by molar-refractivity contribution is 7.92. The highest BCUT2D eigenvalue weighted by atomic mass is 35.5. The van der Waals surface area contributed by atoms with Gasteiger partial charge in [0.05, 0.1) is 39.8 Å². The molecule has 1 fully saturated rings. The lowest BCUT2D eigenvalue weighted by Crippen LogP contribution is -2.49. The Balaban J connectivity index is 2.02. The molecule has 0 amide bonds. The lowest BCUT2D eigenvalue weighted by Gasteiger charge is -2.26. The molecule has 2 aromatic carbocycles. The molecule has 12 heteroatoms. The van der Waals surface area contributed by atoms with Crippen LogP contribution in [0.2, 0.25) is 5.02 Å². The second kappa shape index (κ2) is 8.20. The van der Waals surface area contributed by atoms with Crippen LogP contribution in [0.5, 0.6) is 0 Å². The zero-order valence-corrected chi connectivity index (χ0v) is 18.2. The SMILES string of the molecule is N#Cc1ccc(S(=O)(=O)C2CN(S(=O)(=O)c3ccc(C#N)cc3Cl)C[C@@]2(O)CO)cc1. The van der Waals surface area contributed by atoms with Crippen molar-refractivity contribution >= 4 is 31.5 Å². The van der Waals surface area contributed by atoms with Crippen LogP contribution in [0.4, 0.5) is 0 Å². The number of hydrogen-bond donors (Lipinski definition) is 2. The molecule has 1 unspecified atom stereocenters. The molecule has 162 valence electrons. The summed E-state index contributed by atoms with van der Waals surface area (Å²) >= 11 is 6.01. The maximum absolute atomic E-state index is 13.1. The molecule has 9 nitrogen and oxygen atoms in total. The molecule has 1 aliphatic rings. The maximum atomic E-state index is 13.1. The van der Waals surface area contributed by atoms with Gasteiger partial charge in [-0.05, 0) is 42.5 Å². The molecule has 0 aromatic heterocycles. The molecule has 0 bridgehead atoms. The number of aliphatic hydroxyl groups is 2. The average Bonchev–Trinajstić information content (AvgIpc) is 3.13. The van der Waals surface area contributed by atoms with Gasteiger partial charge in [0.15, 0.2) is 9.84 Å². The van der Waals surface area contributed by atoms with Crippen LogP contribution in [0.15, 0.2) is 52.3 Å². The molecule has 2 atom stereocenters. The molecule has 0 spiro atoms. The van der Waals surface area contributed by atoms with E-state index in [0.717, 1.165) is 16.4 Å². The Kier molecular flexibility index (Phi) is 6.13. The van der Waals surface area contributed by atoms with E-state index >= 15 is 0 Å². The fourth-order valence-corrected chi connectivity index (χ4v) is 7.43. The topological polar surface area (TPSA) is 160 Å². The molecule has 1 saturated heterocycles. The fraction of sp³-hybridized carbons (Fsp3) is 0.263. The van der Waals surface area contributed by atoms with Crippen LogP contribution < -0.4 is 0 Å². The number of sulfone groups is 1. The Morgan fingerprint density at radius 3 is 2.16 bits per heavy atom. The van der Waals surface area contributed by atoms with E-state index in [0.29, 0.717) is 0 Å². The van der Waals surface area contributed by atoms with E-state index in [2.05, 4.69) is 0 Å². The van der Waals surface area contributed by atoms with Gasteiger partial charge in [0.2, 0.25) is 10.0 Å². The van der Waals surface area contributed by atoms with E-state index in [9.17, 15) is 27.0 Å². The Bertz CT molecular complexity index is 1310. The van der Waals surface area contributed by atoms with Crippen molar-refractivity contribution in [1.29, 1.82) is 10.5 Å². The number of nitriles is 2. The number of aliphatic hydroxyl groups excluding tert-OH is 1. The Hall–Kier alpha value is -2.51. The van der Waals surface area contributed by atoms with Crippen molar-refractivity contribution < 1.29 is 27.0 Å². The van der Waals surface area contributed by atoms with Crippen LogP contribution in [0.3, 0.4) is 0 Å². The van der Waals surface area contributed by atoms with E-state index < -0.39 is 50.4 Å². The quantitative estimate of drug-likeness (QED) is 0.629. The second-order valence-electron chi connectivity index (χ2n) is 6.99. The Morgan fingerprint density at radius 2 is 1.65 bits per heavy atom. The van der Waals surface area contributed by atoms with Gasteiger partial charge in [-0.3, -0.25) is 0 Å². The van der Waals surface area contributed by atoms with Crippen LogP contribution in [0, 0.1) is 22.7 Å². The minimum Gasteiger partial charge on any atom is -0.393 e. The van der Waals surface area contributed by atoms with Gasteiger partial charge < -0.3 is 10.2 Å². The summed E-state index contributed by atoms with van der Waals surface area (Å²) in [4.78, 5) is -0.580. The van der Waals surface area contributed by atoms with Gasteiger partial charge in [-0.2, -0.15) is 14.8 Å². The Labute approximate surface area is 184 Å². The molecule has 0 radical (unpaired) electrons. The summed E-state index contributed by atoms with van der Waals surface area (Å²) in [5, 5.41) is 36.5. The van der Waals surface area contributed by atoms with Gasteiger partial charge in [0.25, 0.3) is 0 Å². The summed E-state index contributed by atoms with van der Waals surface area (Å²) < 4.78 is 53.2. The number of hydrogen-bond acceptors (Lipinski definition) is 8. The minimum atomic E-state index is -4.35. The molecule has 3 rings (SSSR count).